The molecule has 2 heterocycles. The Morgan fingerprint density at radius 3 is 1.69 bits per heavy atom. The van der Waals surface area contributed by atoms with Crippen LogP contribution in [0.3, 0.4) is 0 Å². The lowest BCUT2D eigenvalue weighted by Crippen LogP contribution is -2.43. The summed E-state index contributed by atoms with van der Waals surface area (Å²) in [5.74, 6) is 1.95. The summed E-state index contributed by atoms with van der Waals surface area (Å²) in [5.41, 5.74) is 11.7. The van der Waals surface area contributed by atoms with Gasteiger partial charge in [-0.2, -0.15) is 0 Å². The molecule has 2 aromatic heterocycles. The Morgan fingerprint density at radius 1 is 0.449 bits per heavy atom. The predicted octanol–water partition coefficient (Wildman–Crippen LogP) is 11.2. The second-order valence-electron chi connectivity index (χ2n) is 14.1. The van der Waals surface area contributed by atoms with Gasteiger partial charge in [0, 0.05) is 33.2 Å². The van der Waals surface area contributed by atoms with E-state index in [1.807, 2.05) is 60.7 Å². The standard InChI is InChI=1S/C45H36N4/c1-44(2)35-24-13-11-22-33(35)39-36(45(44,3)4)26-27-38-40(39)34-23-12-14-25-37(34)49(38)32-21-15-20-31(28-32)43-47-41(29-16-7-5-8-17-29)46-42(48-43)30-18-9-6-10-19-30/h5-28H,1-4H3. The Labute approximate surface area is 286 Å². The molecule has 0 bridgehead atoms. The lowest BCUT2D eigenvalue weighted by atomic mass is 9.55. The third kappa shape index (κ3) is 4.40. The molecular formula is C45H36N4. The maximum atomic E-state index is 5.03. The zero-order valence-corrected chi connectivity index (χ0v) is 28.1. The van der Waals surface area contributed by atoms with Gasteiger partial charge in [0.15, 0.2) is 17.5 Å². The number of benzene rings is 6. The van der Waals surface area contributed by atoms with Gasteiger partial charge in [-0.25, -0.2) is 15.0 Å². The van der Waals surface area contributed by atoms with Crippen LogP contribution < -0.4 is 0 Å². The molecule has 0 radical (unpaired) electrons. The number of fused-ring (bicyclic) bond motifs is 7. The molecule has 0 saturated carbocycles. The maximum absolute atomic E-state index is 5.03. The van der Waals surface area contributed by atoms with Gasteiger partial charge < -0.3 is 4.57 Å². The van der Waals surface area contributed by atoms with Gasteiger partial charge in [-0.3, -0.25) is 0 Å². The smallest absolute Gasteiger partial charge is 0.164 e. The third-order valence-electron chi connectivity index (χ3n) is 11.0. The van der Waals surface area contributed by atoms with E-state index in [0.717, 1.165) is 22.4 Å². The lowest BCUT2D eigenvalue weighted by molar-refractivity contribution is 0.299. The molecule has 0 saturated heterocycles. The van der Waals surface area contributed by atoms with E-state index in [2.05, 4.69) is 117 Å². The van der Waals surface area contributed by atoms with Crippen molar-refractivity contribution in [1.82, 2.24) is 19.5 Å². The molecule has 0 atom stereocenters. The number of rotatable bonds is 4. The minimum absolute atomic E-state index is 0.0290. The molecule has 0 spiro atoms. The fourth-order valence-electron chi connectivity index (χ4n) is 7.78. The minimum Gasteiger partial charge on any atom is -0.309 e. The normalized spacial score (nSPS) is 14.4. The van der Waals surface area contributed by atoms with Crippen LogP contribution in [0.5, 0.6) is 0 Å². The summed E-state index contributed by atoms with van der Waals surface area (Å²) in [5, 5.41) is 2.55. The highest BCUT2D eigenvalue weighted by atomic mass is 15.0. The summed E-state index contributed by atoms with van der Waals surface area (Å²) in [6.45, 7) is 9.58. The highest BCUT2D eigenvalue weighted by Gasteiger charge is 2.46. The van der Waals surface area contributed by atoms with Gasteiger partial charge in [-0.15, -0.1) is 0 Å². The van der Waals surface area contributed by atoms with Crippen LogP contribution in [-0.2, 0) is 10.8 Å². The molecule has 0 fully saturated rings. The zero-order valence-electron chi connectivity index (χ0n) is 28.1. The van der Waals surface area contributed by atoms with E-state index in [9.17, 15) is 0 Å². The molecule has 9 rings (SSSR count). The fraction of sp³-hybridized carbons (Fsp3) is 0.133. The van der Waals surface area contributed by atoms with Gasteiger partial charge in [0.05, 0.1) is 11.0 Å². The molecular weight excluding hydrogens is 597 g/mol. The zero-order chi connectivity index (χ0) is 33.3. The summed E-state index contributed by atoms with van der Waals surface area (Å²) < 4.78 is 2.40. The summed E-state index contributed by atoms with van der Waals surface area (Å²) in [7, 11) is 0. The van der Waals surface area contributed by atoms with Gasteiger partial charge in [0.25, 0.3) is 0 Å². The molecule has 0 aliphatic heterocycles. The van der Waals surface area contributed by atoms with E-state index in [4.69, 9.17) is 15.0 Å². The van der Waals surface area contributed by atoms with Crippen LogP contribution in [0.4, 0.5) is 0 Å². The molecule has 4 nitrogen and oxygen atoms in total. The number of hydrogen-bond donors (Lipinski definition) is 0. The summed E-state index contributed by atoms with van der Waals surface area (Å²) >= 11 is 0. The molecule has 1 aliphatic rings. The second kappa shape index (κ2) is 10.8. The number of hydrogen-bond acceptors (Lipinski definition) is 3. The first-order chi connectivity index (χ1) is 23.8. The van der Waals surface area contributed by atoms with Crippen LogP contribution >= 0.6 is 0 Å². The van der Waals surface area contributed by atoms with Gasteiger partial charge in [-0.05, 0) is 57.3 Å². The van der Waals surface area contributed by atoms with E-state index >= 15 is 0 Å². The number of para-hydroxylation sites is 1. The Hall–Kier alpha value is -5.87. The van der Waals surface area contributed by atoms with Gasteiger partial charge in [-0.1, -0.05) is 149 Å². The van der Waals surface area contributed by atoms with E-state index in [0.29, 0.717) is 17.5 Å². The van der Waals surface area contributed by atoms with Crippen LogP contribution in [0.1, 0.15) is 38.8 Å². The monoisotopic (exact) mass is 632 g/mol. The predicted molar refractivity (Wildman–Crippen MR) is 202 cm³/mol. The van der Waals surface area contributed by atoms with Crippen molar-refractivity contribution in [3.63, 3.8) is 0 Å². The molecule has 49 heavy (non-hydrogen) atoms. The van der Waals surface area contributed by atoms with Gasteiger partial charge in [0.1, 0.15) is 0 Å². The van der Waals surface area contributed by atoms with Crippen LogP contribution in [0.2, 0.25) is 0 Å². The van der Waals surface area contributed by atoms with E-state index in [-0.39, 0.29) is 10.8 Å². The molecule has 0 N–H and O–H groups in total. The SMILES string of the molecule is CC1(C)c2ccccc2-c2c(ccc3c2c2ccccc2n3-c2cccc(-c3nc(-c4ccccc4)nc(-c4ccccc4)n3)c2)C1(C)C. The van der Waals surface area contributed by atoms with Crippen molar-refractivity contribution in [2.75, 3.05) is 0 Å². The summed E-state index contributed by atoms with van der Waals surface area (Å²) in [4.78, 5) is 15.0. The molecule has 0 amide bonds. The summed E-state index contributed by atoms with van der Waals surface area (Å²) in [6, 6.07) is 51.4. The van der Waals surface area contributed by atoms with Crippen molar-refractivity contribution in [2.45, 2.75) is 38.5 Å². The molecule has 1 aliphatic carbocycles. The number of nitrogens with zero attached hydrogens (tertiary/aromatic N) is 4. The lowest BCUT2D eigenvalue weighted by Gasteiger charge is -2.48. The van der Waals surface area contributed by atoms with Crippen molar-refractivity contribution >= 4 is 21.8 Å². The Morgan fingerprint density at radius 2 is 1.00 bits per heavy atom. The molecule has 0 unspecified atom stereocenters. The van der Waals surface area contributed by atoms with Crippen molar-refractivity contribution in [2.24, 2.45) is 0 Å². The van der Waals surface area contributed by atoms with Crippen LogP contribution in [0, 0.1) is 0 Å². The molecule has 6 aromatic carbocycles. The second-order valence-corrected chi connectivity index (χ2v) is 14.1. The molecule has 236 valence electrons. The average molecular weight is 633 g/mol. The maximum Gasteiger partial charge on any atom is 0.164 e. The largest absolute Gasteiger partial charge is 0.309 e. The Kier molecular flexibility index (Phi) is 6.47. The fourth-order valence-corrected chi connectivity index (χ4v) is 7.78. The third-order valence-corrected chi connectivity index (χ3v) is 11.0. The van der Waals surface area contributed by atoms with Gasteiger partial charge in [0.2, 0.25) is 0 Å². The summed E-state index contributed by atoms with van der Waals surface area (Å²) in [6.07, 6.45) is 0. The topological polar surface area (TPSA) is 43.6 Å². The van der Waals surface area contributed by atoms with Crippen molar-refractivity contribution in [3.05, 3.63) is 157 Å². The van der Waals surface area contributed by atoms with E-state index in [1.165, 1.54) is 44.1 Å². The minimum atomic E-state index is -0.0698. The highest BCUT2D eigenvalue weighted by molar-refractivity contribution is 6.17. The van der Waals surface area contributed by atoms with Crippen molar-refractivity contribution in [3.8, 4) is 51.0 Å². The first kappa shape index (κ1) is 29.3. The quantitative estimate of drug-likeness (QED) is 0.194. The first-order valence-corrected chi connectivity index (χ1v) is 17.0. The van der Waals surface area contributed by atoms with Crippen molar-refractivity contribution < 1.29 is 0 Å². The van der Waals surface area contributed by atoms with Crippen LogP contribution in [0.25, 0.3) is 72.8 Å². The van der Waals surface area contributed by atoms with Crippen molar-refractivity contribution in [1.29, 1.82) is 0 Å². The Bertz CT molecular complexity index is 2480. The highest BCUT2D eigenvalue weighted by Crippen LogP contribution is 2.56. The molecule has 4 heteroatoms. The average Bonchev–Trinajstić information content (AvgIpc) is 3.49. The van der Waals surface area contributed by atoms with Crippen LogP contribution in [-0.4, -0.2) is 19.5 Å². The van der Waals surface area contributed by atoms with E-state index in [1.54, 1.807) is 0 Å². The van der Waals surface area contributed by atoms with Gasteiger partial charge >= 0.3 is 0 Å². The Balaban J connectivity index is 1.28. The first-order valence-electron chi connectivity index (χ1n) is 17.0. The number of aromatic nitrogens is 4. The van der Waals surface area contributed by atoms with Crippen LogP contribution in [0.15, 0.2) is 146 Å². The van der Waals surface area contributed by atoms with E-state index < -0.39 is 0 Å². The molecule has 8 aromatic rings.